The van der Waals surface area contributed by atoms with Crippen molar-refractivity contribution in [1.29, 1.82) is 0 Å². The number of nitrogens with one attached hydrogen (secondary N) is 2. The van der Waals surface area contributed by atoms with E-state index < -0.39 is 0 Å². The molecule has 0 saturated carbocycles. The second kappa shape index (κ2) is 9.42. The Kier molecular flexibility index (Phi) is 6.17. The Morgan fingerprint density at radius 3 is 2.63 bits per heavy atom. The lowest BCUT2D eigenvalue weighted by molar-refractivity contribution is 0.255. The molecular weight excluding hydrogens is 447 g/mol. The van der Waals surface area contributed by atoms with Crippen molar-refractivity contribution >= 4 is 22.3 Å². The third-order valence-electron chi connectivity index (χ3n) is 6.63. The van der Waals surface area contributed by atoms with Gasteiger partial charge in [-0.1, -0.05) is 0 Å². The minimum atomic E-state index is -0.370. The summed E-state index contributed by atoms with van der Waals surface area (Å²) < 4.78 is 20.4. The highest BCUT2D eigenvalue weighted by Gasteiger charge is 2.22. The van der Waals surface area contributed by atoms with Gasteiger partial charge in [0.2, 0.25) is 0 Å². The van der Waals surface area contributed by atoms with Crippen LogP contribution in [0.25, 0.3) is 22.0 Å². The highest BCUT2D eigenvalue weighted by atomic mass is 19.1. The van der Waals surface area contributed by atoms with Gasteiger partial charge in [0.1, 0.15) is 11.6 Å². The van der Waals surface area contributed by atoms with Crippen molar-refractivity contribution in [3.8, 4) is 17.3 Å². The number of rotatable bonds is 5. The van der Waals surface area contributed by atoms with Crippen LogP contribution in [0.3, 0.4) is 0 Å². The number of aromatic nitrogens is 4. The van der Waals surface area contributed by atoms with Gasteiger partial charge in [-0.3, -0.25) is 4.79 Å². The van der Waals surface area contributed by atoms with Gasteiger partial charge in [0.05, 0.1) is 23.9 Å². The van der Waals surface area contributed by atoms with Crippen LogP contribution in [0.5, 0.6) is 6.01 Å². The average molecular weight is 475 g/mol. The summed E-state index contributed by atoms with van der Waals surface area (Å²) in [5.74, 6) is 0.237. The average Bonchev–Trinajstić information content (AvgIpc) is 2.86. The molecule has 4 heterocycles. The maximum absolute atomic E-state index is 15.3. The number of nitrogens with zero attached hydrogens (tertiary/aromatic N) is 4. The molecule has 2 N–H and O–H groups in total. The van der Waals surface area contributed by atoms with Crippen molar-refractivity contribution < 1.29 is 9.13 Å². The fourth-order valence-electron chi connectivity index (χ4n) is 4.69. The molecule has 1 saturated heterocycles. The Morgan fingerprint density at radius 2 is 1.91 bits per heavy atom. The van der Waals surface area contributed by atoms with Gasteiger partial charge in [-0.05, 0) is 86.6 Å². The van der Waals surface area contributed by atoms with Crippen LogP contribution in [0.15, 0.2) is 47.7 Å². The predicted octanol–water partition coefficient (Wildman–Crippen LogP) is 4.39. The Hall–Kier alpha value is -3.85. The quantitative estimate of drug-likeness (QED) is 0.443. The van der Waals surface area contributed by atoms with E-state index in [0.717, 1.165) is 37.1 Å². The zero-order chi connectivity index (χ0) is 24.5. The molecule has 1 aliphatic rings. The van der Waals surface area contributed by atoms with E-state index in [9.17, 15) is 4.79 Å². The van der Waals surface area contributed by atoms with Crippen molar-refractivity contribution in [1.82, 2.24) is 24.8 Å². The minimum absolute atomic E-state index is 0.242. The summed E-state index contributed by atoms with van der Waals surface area (Å²) in [6, 6.07) is 7.23. The predicted molar refractivity (Wildman–Crippen MR) is 134 cm³/mol. The Labute approximate surface area is 202 Å². The zero-order valence-corrected chi connectivity index (χ0v) is 19.9. The van der Waals surface area contributed by atoms with Crippen LogP contribution in [0.4, 0.5) is 15.9 Å². The molecule has 4 aromatic rings. The van der Waals surface area contributed by atoms with Gasteiger partial charge in [-0.2, -0.15) is 0 Å². The van der Waals surface area contributed by atoms with Crippen LogP contribution in [-0.2, 0) is 0 Å². The van der Waals surface area contributed by atoms with Gasteiger partial charge < -0.3 is 19.9 Å². The van der Waals surface area contributed by atoms with Crippen molar-refractivity contribution in [3.63, 3.8) is 0 Å². The number of aryl methyl sites for hydroxylation is 1. The summed E-state index contributed by atoms with van der Waals surface area (Å²) in [5, 5.41) is 4.10. The molecule has 0 unspecified atom stereocenters. The number of halogens is 1. The molecule has 0 amide bonds. The zero-order valence-electron chi connectivity index (χ0n) is 19.9. The molecule has 180 valence electrons. The van der Waals surface area contributed by atoms with Crippen LogP contribution in [0.1, 0.15) is 29.9 Å². The normalized spacial score (nSPS) is 14.9. The number of anilines is 2. The minimum Gasteiger partial charge on any atom is -0.467 e. The third-order valence-corrected chi connectivity index (χ3v) is 6.63. The number of aromatic amines is 1. The van der Waals surface area contributed by atoms with E-state index in [0.29, 0.717) is 27.9 Å². The fourth-order valence-corrected chi connectivity index (χ4v) is 4.69. The van der Waals surface area contributed by atoms with Crippen molar-refractivity contribution in [3.05, 3.63) is 70.2 Å². The van der Waals surface area contributed by atoms with E-state index >= 15 is 4.39 Å². The van der Waals surface area contributed by atoms with E-state index in [2.05, 4.69) is 37.2 Å². The Morgan fingerprint density at radius 1 is 1.17 bits per heavy atom. The molecule has 1 aromatic carbocycles. The number of H-pyrrole nitrogens is 1. The second-order valence-corrected chi connectivity index (χ2v) is 8.98. The van der Waals surface area contributed by atoms with Crippen LogP contribution in [-0.4, -0.2) is 52.1 Å². The number of hydrogen-bond acceptors (Lipinski definition) is 7. The smallest absolute Gasteiger partial charge is 0.316 e. The topological polar surface area (TPSA) is 96.0 Å². The number of piperidine rings is 1. The molecule has 35 heavy (non-hydrogen) atoms. The number of likely N-dealkylation sites (tertiary alicyclic amines) is 1. The van der Waals surface area contributed by atoms with Crippen LogP contribution < -0.4 is 15.6 Å². The molecule has 0 bridgehead atoms. The van der Waals surface area contributed by atoms with Gasteiger partial charge in [0.25, 0.3) is 5.56 Å². The first-order valence-corrected chi connectivity index (χ1v) is 11.6. The first-order chi connectivity index (χ1) is 16.9. The summed E-state index contributed by atoms with van der Waals surface area (Å²) in [6.07, 6.45) is 6.79. The van der Waals surface area contributed by atoms with E-state index in [1.807, 2.05) is 6.92 Å². The van der Waals surface area contributed by atoms with Gasteiger partial charge in [0, 0.05) is 24.2 Å². The summed E-state index contributed by atoms with van der Waals surface area (Å²) in [7, 11) is 3.61. The highest BCUT2D eigenvalue weighted by molar-refractivity contribution is 5.95. The van der Waals surface area contributed by atoms with Gasteiger partial charge in [0.15, 0.2) is 0 Å². The number of pyridine rings is 2. The van der Waals surface area contributed by atoms with Crippen LogP contribution >= 0.6 is 0 Å². The molecule has 3 aromatic heterocycles. The van der Waals surface area contributed by atoms with E-state index in [-0.39, 0.29) is 28.9 Å². The first kappa shape index (κ1) is 22.9. The van der Waals surface area contributed by atoms with Crippen molar-refractivity contribution in [2.45, 2.75) is 25.7 Å². The molecule has 0 spiro atoms. The van der Waals surface area contributed by atoms with E-state index in [1.54, 1.807) is 42.9 Å². The van der Waals surface area contributed by atoms with Gasteiger partial charge in [-0.15, -0.1) is 0 Å². The van der Waals surface area contributed by atoms with Crippen LogP contribution in [0, 0.1) is 12.7 Å². The number of benzene rings is 1. The third kappa shape index (κ3) is 4.59. The lowest BCUT2D eigenvalue weighted by Crippen LogP contribution is -2.29. The van der Waals surface area contributed by atoms with E-state index in [4.69, 9.17) is 4.74 Å². The van der Waals surface area contributed by atoms with Crippen molar-refractivity contribution in [2.75, 3.05) is 32.6 Å². The monoisotopic (exact) mass is 474 g/mol. The fraction of sp³-hybridized carbons (Fsp3) is 0.308. The lowest BCUT2D eigenvalue weighted by Gasteiger charge is -2.30. The highest BCUT2D eigenvalue weighted by Crippen LogP contribution is 2.34. The van der Waals surface area contributed by atoms with Gasteiger partial charge in [-0.25, -0.2) is 19.3 Å². The Balaban J connectivity index is 1.55. The number of methoxy groups -OCH3 is 1. The molecule has 9 heteroatoms. The summed E-state index contributed by atoms with van der Waals surface area (Å²) >= 11 is 0. The lowest BCUT2D eigenvalue weighted by atomic mass is 9.86. The molecule has 1 fully saturated rings. The molecule has 8 nitrogen and oxygen atoms in total. The summed E-state index contributed by atoms with van der Waals surface area (Å²) in [6.45, 7) is 4.01. The molecule has 0 aliphatic carbocycles. The maximum atomic E-state index is 15.3. The summed E-state index contributed by atoms with van der Waals surface area (Å²) in [5.41, 5.74) is 3.22. The number of ether oxygens (including phenoxy) is 1. The molecule has 5 rings (SSSR count). The van der Waals surface area contributed by atoms with Crippen LogP contribution in [0.2, 0.25) is 0 Å². The molecular formula is C26H27FN6O2. The standard InChI is InChI=1S/C26H27FN6O2/c1-15-10-22(20(27)12-19(15)16-5-8-33(2)9-6-16)32-24-23-17(4-7-28-25(23)34)11-21(31-24)18-13-29-26(35-3)30-14-18/h4,7,10-14,16H,5-6,8-9H2,1-3H3,(H,28,34)(H,31,32). The first-order valence-electron chi connectivity index (χ1n) is 11.6. The summed E-state index contributed by atoms with van der Waals surface area (Å²) in [4.78, 5) is 30.6. The van der Waals surface area contributed by atoms with Crippen molar-refractivity contribution in [2.24, 2.45) is 0 Å². The number of hydrogen-bond donors (Lipinski definition) is 2. The largest absolute Gasteiger partial charge is 0.467 e. The SMILES string of the molecule is COc1ncc(-c2cc3cc[nH]c(=O)c3c(Nc3cc(C)c(C4CCN(C)CC4)cc3F)n2)cn1. The molecule has 0 atom stereocenters. The second-order valence-electron chi connectivity index (χ2n) is 8.98. The number of fused-ring (bicyclic) bond motifs is 1. The van der Waals surface area contributed by atoms with E-state index in [1.165, 1.54) is 7.11 Å². The molecule has 1 aliphatic heterocycles. The van der Waals surface area contributed by atoms with Gasteiger partial charge >= 0.3 is 6.01 Å². The Bertz CT molecular complexity index is 1430. The maximum Gasteiger partial charge on any atom is 0.316 e. The molecule has 0 radical (unpaired) electrons.